The van der Waals surface area contributed by atoms with Crippen molar-refractivity contribution in [2.24, 2.45) is 0 Å². The number of carbonyl (C=O) groups excluding carboxylic acids is 4. The maximum absolute atomic E-state index is 13.0. The molecule has 1 aliphatic rings. The molecule has 0 bridgehead atoms. The number of hydrogen-bond donors (Lipinski definition) is 1. The quantitative estimate of drug-likeness (QED) is 0.578. The number of thioether (sulfide) groups is 1. The molecule has 1 fully saturated rings. The van der Waals surface area contributed by atoms with E-state index in [1.54, 1.807) is 6.07 Å². The molecule has 33 heavy (non-hydrogen) atoms. The molecular weight excluding hydrogens is 455 g/mol. The maximum Gasteiger partial charge on any atom is 0.294 e. The zero-order valence-corrected chi connectivity index (χ0v) is 18.3. The maximum atomic E-state index is 13.0. The van der Waals surface area contributed by atoms with Crippen LogP contribution in [0, 0.1) is 5.82 Å². The number of rotatable bonds is 8. The van der Waals surface area contributed by atoms with Crippen LogP contribution in [0.3, 0.4) is 0 Å². The number of methoxy groups -OCH3 is 1. The largest absolute Gasteiger partial charge is 0.546 e. The van der Waals surface area contributed by atoms with Crippen LogP contribution in [-0.2, 0) is 14.4 Å². The summed E-state index contributed by atoms with van der Waals surface area (Å²) in [5, 5.41) is 12.8. The van der Waals surface area contributed by atoms with E-state index in [9.17, 15) is 28.7 Å². The van der Waals surface area contributed by atoms with Crippen LogP contribution in [0.1, 0.15) is 12.5 Å². The highest BCUT2D eigenvalue weighted by atomic mass is 32.2. The predicted molar refractivity (Wildman–Crippen MR) is 116 cm³/mol. The Morgan fingerprint density at radius 2 is 1.88 bits per heavy atom. The Bertz CT molecular complexity index is 1130. The van der Waals surface area contributed by atoms with Gasteiger partial charge in [-0.2, -0.15) is 0 Å². The Balaban J connectivity index is 1.71. The van der Waals surface area contributed by atoms with E-state index in [-0.39, 0.29) is 16.4 Å². The Morgan fingerprint density at radius 1 is 1.18 bits per heavy atom. The van der Waals surface area contributed by atoms with Gasteiger partial charge in [-0.05, 0) is 66.7 Å². The topological polar surface area (TPSA) is 125 Å². The average Bonchev–Trinajstić information content (AvgIpc) is 3.03. The molecule has 1 atom stereocenters. The van der Waals surface area contributed by atoms with E-state index in [2.05, 4.69) is 5.32 Å². The van der Waals surface area contributed by atoms with Gasteiger partial charge in [-0.15, -0.1) is 0 Å². The van der Waals surface area contributed by atoms with Crippen molar-refractivity contribution in [3.63, 3.8) is 0 Å². The molecule has 1 heterocycles. The number of ether oxygens (including phenoxy) is 2. The number of halogens is 1. The monoisotopic (exact) mass is 473 g/mol. The highest BCUT2D eigenvalue weighted by Gasteiger charge is 2.36. The number of carboxylic acids is 1. The molecule has 0 aromatic heterocycles. The number of nitrogens with zero attached hydrogens (tertiary/aromatic N) is 1. The Hall–Kier alpha value is -3.86. The molecule has 3 rings (SSSR count). The molecule has 2 aromatic rings. The van der Waals surface area contributed by atoms with E-state index in [0.29, 0.717) is 23.0 Å². The lowest BCUT2D eigenvalue weighted by atomic mass is 10.2. The first-order valence-corrected chi connectivity index (χ1v) is 10.4. The van der Waals surface area contributed by atoms with Gasteiger partial charge in [0.15, 0.2) is 11.5 Å². The van der Waals surface area contributed by atoms with Gasteiger partial charge >= 0.3 is 0 Å². The van der Waals surface area contributed by atoms with Gasteiger partial charge in [0.05, 0.1) is 18.0 Å². The number of benzene rings is 2. The van der Waals surface area contributed by atoms with Gasteiger partial charge < -0.3 is 24.7 Å². The lowest BCUT2D eigenvalue weighted by molar-refractivity contribution is -0.312. The third-order valence-corrected chi connectivity index (χ3v) is 5.33. The number of carbonyl (C=O) groups is 4. The fraction of sp³-hybridized carbons (Fsp3) is 0.182. The second-order valence-corrected chi connectivity index (χ2v) is 7.81. The molecule has 11 heteroatoms. The normalized spacial score (nSPS) is 15.5. The van der Waals surface area contributed by atoms with Crippen molar-refractivity contribution < 1.29 is 38.1 Å². The summed E-state index contributed by atoms with van der Waals surface area (Å²) in [4.78, 5) is 48.9. The van der Waals surface area contributed by atoms with Gasteiger partial charge in [-0.3, -0.25) is 19.3 Å². The zero-order chi connectivity index (χ0) is 24.1. The van der Waals surface area contributed by atoms with Gasteiger partial charge in [0.25, 0.3) is 11.1 Å². The van der Waals surface area contributed by atoms with Crippen LogP contribution in [0.15, 0.2) is 47.4 Å². The summed E-state index contributed by atoms with van der Waals surface area (Å²) < 4.78 is 23.4. The third-order valence-electron chi connectivity index (χ3n) is 4.42. The van der Waals surface area contributed by atoms with Crippen LogP contribution in [0.5, 0.6) is 11.5 Å². The smallest absolute Gasteiger partial charge is 0.294 e. The highest BCUT2D eigenvalue weighted by Crippen LogP contribution is 2.34. The molecule has 1 aliphatic heterocycles. The fourth-order valence-electron chi connectivity index (χ4n) is 2.77. The Kier molecular flexibility index (Phi) is 7.34. The van der Waals surface area contributed by atoms with Crippen LogP contribution >= 0.6 is 11.8 Å². The summed E-state index contributed by atoms with van der Waals surface area (Å²) in [7, 11) is 1.36. The molecule has 0 radical (unpaired) electrons. The second kappa shape index (κ2) is 10.2. The summed E-state index contributed by atoms with van der Waals surface area (Å²) in [6, 6.07) is 9.57. The van der Waals surface area contributed by atoms with Gasteiger partial charge in [-0.25, -0.2) is 4.39 Å². The number of imide groups is 1. The first-order chi connectivity index (χ1) is 15.7. The average molecular weight is 473 g/mol. The van der Waals surface area contributed by atoms with E-state index >= 15 is 0 Å². The van der Waals surface area contributed by atoms with Crippen molar-refractivity contribution in [3.05, 3.63) is 58.8 Å². The molecule has 0 aliphatic carbocycles. The summed E-state index contributed by atoms with van der Waals surface area (Å²) in [6.45, 7) is 0.807. The number of nitrogens with one attached hydrogen (secondary N) is 1. The summed E-state index contributed by atoms with van der Waals surface area (Å²) in [5.74, 6) is -2.74. The number of hydrogen-bond acceptors (Lipinski definition) is 8. The van der Waals surface area contributed by atoms with Crippen molar-refractivity contribution in [3.8, 4) is 11.5 Å². The highest BCUT2D eigenvalue weighted by molar-refractivity contribution is 8.18. The second-order valence-electron chi connectivity index (χ2n) is 6.81. The van der Waals surface area contributed by atoms with Crippen LogP contribution in [0.2, 0.25) is 0 Å². The molecule has 0 spiro atoms. The molecular formula is C22H18FN2O7S-. The van der Waals surface area contributed by atoms with Crippen molar-refractivity contribution in [2.75, 3.05) is 19.0 Å². The molecule has 1 saturated heterocycles. The van der Waals surface area contributed by atoms with E-state index in [1.165, 1.54) is 56.5 Å². The molecule has 9 nitrogen and oxygen atoms in total. The molecule has 0 saturated carbocycles. The van der Waals surface area contributed by atoms with E-state index in [1.807, 2.05) is 0 Å². The number of carboxylic acid groups (broad SMARTS) is 1. The Morgan fingerprint density at radius 3 is 2.52 bits per heavy atom. The Labute approximate surface area is 192 Å². The SMILES string of the molecule is COc1cc(/C=C2\SC(=O)N(CC(=O)Nc3ccc(F)cc3)C2=O)ccc1O[C@H](C)C(=O)[O-]. The van der Waals surface area contributed by atoms with E-state index < -0.39 is 41.5 Å². The van der Waals surface area contributed by atoms with Gasteiger partial charge in [0, 0.05) is 5.69 Å². The minimum Gasteiger partial charge on any atom is -0.546 e. The molecule has 172 valence electrons. The lowest BCUT2D eigenvalue weighted by Crippen LogP contribution is -2.37. The lowest BCUT2D eigenvalue weighted by Gasteiger charge is -2.17. The van der Waals surface area contributed by atoms with Gasteiger partial charge in [0.1, 0.15) is 18.5 Å². The zero-order valence-electron chi connectivity index (χ0n) is 17.5. The first kappa shape index (κ1) is 23.8. The minimum absolute atomic E-state index is 0.0911. The predicted octanol–water partition coefficient (Wildman–Crippen LogP) is 2.03. The summed E-state index contributed by atoms with van der Waals surface area (Å²) in [6.07, 6.45) is 0.236. The first-order valence-electron chi connectivity index (χ1n) is 9.54. The standard InChI is InChI=1S/C22H19FN2O7S/c1-12(21(28)29)32-16-8-3-13(9-17(16)31-2)10-18-20(27)25(22(30)33-18)11-19(26)24-15-6-4-14(23)5-7-15/h3-10,12H,11H2,1-2H3,(H,24,26)(H,28,29)/p-1/b18-10-/t12-/m1/s1. The van der Waals surface area contributed by atoms with Crippen LogP contribution < -0.4 is 19.9 Å². The molecule has 1 N–H and O–H groups in total. The molecule has 0 unspecified atom stereocenters. The fourth-order valence-corrected chi connectivity index (χ4v) is 3.61. The third kappa shape index (κ3) is 5.89. The van der Waals surface area contributed by atoms with Crippen molar-refractivity contribution >= 4 is 46.5 Å². The minimum atomic E-state index is -1.39. The van der Waals surface area contributed by atoms with Crippen LogP contribution in [0.4, 0.5) is 14.9 Å². The van der Waals surface area contributed by atoms with Crippen LogP contribution in [-0.4, -0.2) is 47.7 Å². The van der Waals surface area contributed by atoms with Crippen molar-refractivity contribution in [2.45, 2.75) is 13.0 Å². The van der Waals surface area contributed by atoms with Gasteiger partial charge in [0.2, 0.25) is 5.91 Å². The van der Waals surface area contributed by atoms with E-state index in [4.69, 9.17) is 9.47 Å². The summed E-state index contributed by atoms with van der Waals surface area (Å²) in [5.41, 5.74) is 0.813. The molecule has 2 aromatic carbocycles. The number of amides is 3. The summed E-state index contributed by atoms with van der Waals surface area (Å²) >= 11 is 0.670. The van der Waals surface area contributed by atoms with Crippen LogP contribution in [0.25, 0.3) is 6.08 Å². The van der Waals surface area contributed by atoms with Crippen molar-refractivity contribution in [1.29, 1.82) is 0 Å². The van der Waals surface area contributed by atoms with Gasteiger partial charge in [-0.1, -0.05) is 6.07 Å². The number of aliphatic carboxylic acids is 1. The number of anilines is 1. The van der Waals surface area contributed by atoms with Crippen molar-refractivity contribution in [1.82, 2.24) is 4.90 Å². The van der Waals surface area contributed by atoms with E-state index in [0.717, 1.165) is 4.90 Å². The molecule has 3 amide bonds.